The third-order valence-electron chi connectivity index (χ3n) is 3.56. The van der Waals surface area contributed by atoms with Gasteiger partial charge in [-0.05, 0) is 5.56 Å². The maximum atomic E-state index is 12.1. The summed E-state index contributed by atoms with van der Waals surface area (Å²) < 4.78 is 0. The van der Waals surface area contributed by atoms with Crippen molar-refractivity contribution in [2.24, 2.45) is 0 Å². The first-order valence-corrected chi connectivity index (χ1v) is 6.99. The largest absolute Gasteiger partial charge is 0.493 e. The number of carbonyl (C=O) groups excluding carboxylic acids is 2. The number of hydrogen-bond acceptors (Lipinski definition) is 4. The number of benzene rings is 1. The fourth-order valence-electron chi connectivity index (χ4n) is 2.46. The Bertz CT molecular complexity index is 683. The fraction of sp³-hybridized carbons (Fsp3) is 0.267. The van der Waals surface area contributed by atoms with Gasteiger partial charge in [0.05, 0.1) is 6.20 Å². The number of nitrogens with one attached hydrogen (secondary N) is 3. The molecule has 2 amide bonds. The number of aromatic nitrogens is 2. The number of amides is 2. The van der Waals surface area contributed by atoms with E-state index in [0.717, 1.165) is 5.56 Å². The zero-order valence-electron chi connectivity index (χ0n) is 11.7. The van der Waals surface area contributed by atoms with Gasteiger partial charge in [-0.15, -0.1) is 0 Å². The zero-order chi connectivity index (χ0) is 15.5. The van der Waals surface area contributed by atoms with Crippen LogP contribution in [-0.2, 0) is 22.4 Å². The van der Waals surface area contributed by atoms with Crippen molar-refractivity contribution in [1.82, 2.24) is 20.6 Å². The molecule has 1 aromatic heterocycles. The van der Waals surface area contributed by atoms with E-state index < -0.39 is 12.1 Å². The third-order valence-corrected chi connectivity index (χ3v) is 3.56. The Kier molecular flexibility index (Phi) is 3.78. The van der Waals surface area contributed by atoms with Crippen LogP contribution in [0.3, 0.4) is 0 Å². The van der Waals surface area contributed by atoms with Crippen LogP contribution in [0.5, 0.6) is 5.88 Å². The molecule has 1 aliphatic rings. The summed E-state index contributed by atoms with van der Waals surface area (Å²) in [4.78, 5) is 30.8. The second kappa shape index (κ2) is 5.88. The number of imidazole rings is 1. The van der Waals surface area contributed by atoms with Gasteiger partial charge in [0.2, 0.25) is 17.7 Å². The Morgan fingerprint density at radius 3 is 2.23 bits per heavy atom. The lowest BCUT2D eigenvalue weighted by atomic mass is 10.0. The van der Waals surface area contributed by atoms with Crippen molar-refractivity contribution in [2.75, 3.05) is 0 Å². The molecule has 2 atom stereocenters. The molecule has 0 aliphatic carbocycles. The highest BCUT2D eigenvalue weighted by molar-refractivity contribution is 5.97. The lowest BCUT2D eigenvalue weighted by Crippen LogP contribution is -2.62. The normalized spacial score (nSPS) is 21.3. The Labute approximate surface area is 126 Å². The van der Waals surface area contributed by atoms with Crippen LogP contribution >= 0.6 is 0 Å². The molecule has 1 aromatic carbocycles. The lowest BCUT2D eigenvalue weighted by molar-refractivity contribution is -0.136. The number of aromatic hydroxyl groups is 1. The van der Waals surface area contributed by atoms with E-state index in [9.17, 15) is 14.7 Å². The summed E-state index contributed by atoms with van der Waals surface area (Å²) in [6.45, 7) is 0. The Morgan fingerprint density at radius 1 is 1.00 bits per heavy atom. The van der Waals surface area contributed by atoms with E-state index in [0.29, 0.717) is 12.2 Å². The Hall–Kier alpha value is -2.83. The molecule has 0 saturated carbocycles. The molecule has 114 valence electrons. The standard InChI is InChI=1S/C15H16N4O3/c20-13-8-16-12(19-13)7-11-15(22)17-10(14(21)18-11)6-9-4-2-1-3-5-9/h1-5,8,10-11,20H,6-7H2,(H,16,19)(H,17,22)(H,18,21)/t10-,11-/m1/s1. The van der Waals surface area contributed by atoms with E-state index in [1.165, 1.54) is 6.20 Å². The average Bonchev–Trinajstić information content (AvgIpc) is 2.91. The number of nitrogens with zero attached hydrogens (tertiary/aromatic N) is 1. The summed E-state index contributed by atoms with van der Waals surface area (Å²) in [6.07, 6.45) is 1.92. The van der Waals surface area contributed by atoms with E-state index in [2.05, 4.69) is 20.6 Å². The molecule has 7 nitrogen and oxygen atoms in total. The van der Waals surface area contributed by atoms with Gasteiger partial charge in [0.1, 0.15) is 17.9 Å². The molecule has 0 bridgehead atoms. The third kappa shape index (κ3) is 3.08. The Morgan fingerprint density at radius 2 is 1.64 bits per heavy atom. The van der Waals surface area contributed by atoms with E-state index in [1.54, 1.807) is 0 Å². The van der Waals surface area contributed by atoms with Crippen molar-refractivity contribution in [1.29, 1.82) is 0 Å². The summed E-state index contributed by atoms with van der Waals surface area (Å²) in [5, 5.41) is 14.6. The number of aromatic amines is 1. The molecule has 22 heavy (non-hydrogen) atoms. The number of rotatable bonds is 4. The van der Waals surface area contributed by atoms with Gasteiger partial charge in [-0.3, -0.25) is 9.59 Å². The first kappa shape index (κ1) is 14.1. The van der Waals surface area contributed by atoms with Crippen LogP contribution in [0, 0.1) is 0 Å². The molecule has 1 saturated heterocycles. The molecule has 1 fully saturated rings. The van der Waals surface area contributed by atoms with Crippen LogP contribution in [0.4, 0.5) is 0 Å². The SMILES string of the molecule is O=C1N[C@H](Cc2ncc(O)[nH]2)C(=O)N[C@@H]1Cc1ccccc1. The minimum absolute atomic E-state index is 0.0699. The first-order chi connectivity index (χ1) is 10.6. The van der Waals surface area contributed by atoms with Crippen molar-refractivity contribution in [3.63, 3.8) is 0 Å². The number of H-pyrrole nitrogens is 1. The van der Waals surface area contributed by atoms with Crippen LogP contribution in [0.15, 0.2) is 36.5 Å². The zero-order valence-corrected chi connectivity index (χ0v) is 11.7. The molecule has 1 aliphatic heterocycles. The number of carbonyl (C=O) groups is 2. The highest BCUT2D eigenvalue weighted by Gasteiger charge is 2.34. The predicted molar refractivity (Wildman–Crippen MR) is 78.0 cm³/mol. The van der Waals surface area contributed by atoms with E-state index in [-0.39, 0.29) is 24.1 Å². The van der Waals surface area contributed by atoms with Gasteiger partial charge in [-0.1, -0.05) is 30.3 Å². The second-order valence-electron chi connectivity index (χ2n) is 5.23. The molecule has 3 rings (SSSR count). The summed E-state index contributed by atoms with van der Waals surface area (Å²) in [7, 11) is 0. The highest BCUT2D eigenvalue weighted by atomic mass is 16.3. The van der Waals surface area contributed by atoms with Gasteiger partial charge in [-0.2, -0.15) is 0 Å². The number of hydrogen-bond donors (Lipinski definition) is 4. The topological polar surface area (TPSA) is 107 Å². The van der Waals surface area contributed by atoms with Crippen molar-refractivity contribution in [2.45, 2.75) is 24.9 Å². The molecular formula is C15H16N4O3. The van der Waals surface area contributed by atoms with Gasteiger partial charge in [-0.25, -0.2) is 4.98 Å². The minimum Gasteiger partial charge on any atom is -0.493 e. The average molecular weight is 300 g/mol. The monoisotopic (exact) mass is 300 g/mol. The minimum atomic E-state index is -0.690. The maximum absolute atomic E-state index is 12.1. The van der Waals surface area contributed by atoms with Crippen LogP contribution in [-0.4, -0.2) is 39.0 Å². The summed E-state index contributed by atoms with van der Waals surface area (Å²) >= 11 is 0. The van der Waals surface area contributed by atoms with Gasteiger partial charge in [0.25, 0.3) is 0 Å². The molecular weight excluding hydrogens is 284 g/mol. The molecule has 2 aromatic rings. The van der Waals surface area contributed by atoms with Gasteiger partial charge < -0.3 is 20.7 Å². The number of piperazine rings is 1. The van der Waals surface area contributed by atoms with Crippen LogP contribution < -0.4 is 10.6 Å². The quantitative estimate of drug-likeness (QED) is 0.631. The molecule has 2 heterocycles. The van der Waals surface area contributed by atoms with E-state index >= 15 is 0 Å². The van der Waals surface area contributed by atoms with Crippen LogP contribution in [0.1, 0.15) is 11.4 Å². The Balaban J connectivity index is 1.64. The van der Waals surface area contributed by atoms with Gasteiger partial charge in [0, 0.05) is 12.8 Å². The molecule has 0 unspecified atom stereocenters. The second-order valence-corrected chi connectivity index (χ2v) is 5.23. The first-order valence-electron chi connectivity index (χ1n) is 6.99. The molecule has 7 heteroatoms. The fourth-order valence-corrected chi connectivity index (χ4v) is 2.46. The van der Waals surface area contributed by atoms with Crippen molar-refractivity contribution in [3.8, 4) is 5.88 Å². The van der Waals surface area contributed by atoms with Crippen molar-refractivity contribution < 1.29 is 14.7 Å². The van der Waals surface area contributed by atoms with Gasteiger partial charge >= 0.3 is 0 Å². The molecule has 0 radical (unpaired) electrons. The van der Waals surface area contributed by atoms with Crippen LogP contribution in [0.25, 0.3) is 0 Å². The van der Waals surface area contributed by atoms with Crippen molar-refractivity contribution in [3.05, 3.63) is 47.9 Å². The van der Waals surface area contributed by atoms with E-state index in [4.69, 9.17) is 0 Å². The van der Waals surface area contributed by atoms with Gasteiger partial charge in [0.15, 0.2) is 0 Å². The summed E-state index contributed by atoms with van der Waals surface area (Å²) in [5.41, 5.74) is 0.984. The lowest BCUT2D eigenvalue weighted by Gasteiger charge is -2.29. The smallest absolute Gasteiger partial charge is 0.243 e. The highest BCUT2D eigenvalue weighted by Crippen LogP contribution is 2.10. The maximum Gasteiger partial charge on any atom is 0.243 e. The summed E-state index contributed by atoms with van der Waals surface area (Å²) in [6, 6.07) is 8.25. The molecule has 4 N–H and O–H groups in total. The molecule has 0 spiro atoms. The van der Waals surface area contributed by atoms with E-state index in [1.807, 2.05) is 30.3 Å². The summed E-state index contributed by atoms with van der Waals surface area (Å²) in [5.74, 6) is -0.0976. The predicted octanol–water partition coefficient (Wildman–Crippen LogP) is -0.116. The van der Waals surface area contributed by atoms with Crippen LogP contribution in [0.2, 0.25) is 0 Å². The van der Waals surface area contributed by atoms with Crippen molar-refractivity contribution >= 4 is 11.8 Å².